The summed E-state index contributed by atoms with van der Waals surface area (Å²) in [6.45, 7) is 11.5. The molecule has 1 aliphatic rings. The fourth-order valence-corrected chi connectivity index (χ4v) is 2.70. The van der Waals surface area contributed by atoms with Crippen LogP contribution in [0.2, 0.25) is 0 Å². The van der Waals surface area contributed by atoms with E-state index >= 15 is 0 Å². The Bertz CT molecular complexity index is 525. The van der Waals surface area contributed by atoms with Crippen molar-refractivity contribution >= 4 is 5.82 Å². The van der Waals surface area contributed by atoms with Crippen LogP contribution >= 0.6 is 0 Å². The second-order valence-corrected chi connectivity index (χ2v) is 6.63. The number of hydrogen-bond acceptors (Lipinski definition) is 5. The lowest BCUT2D eigenvalue weighted by Gasteiger charge is -2.37. The summed E-state index contributed by atoms with van der Waals surface area (Å²) in [5.41, 5.74) is -0.708. The van der Waals surface area contributed by atoms with Crippen LogP contribution in [0.3, 0.4) is 0 Å². The van der Waals surface area contributed by atoms with Gasteiger partial charge in [0.1, 0.15) is 0 Å². The van der Waals surface area contributed by atoms with Gasteiger partial charge in [0, 0.05) is 51.2 Å². The molecule has 2 heterocycles. The minimum atomic E-state index is -0.683. The molecule has 0 radical (unpaired) electrons. The molecule has 0 bridgehead atoms. The Labute approximate surface area is 126 Å². The molecule has 0 unspecified atom stereocenters. The predicted molar refractivity (Wildman–Crippen MR) is 83.8 cm³/mol. The quantitative estimate of drug-likeness (QED) is 0.886. The fraction of sp³-hybridized carbons (Fsp3) is 0.733. The van der Waals surface area contributed by atoms with Crippen LogP contribution in [-0.4, -0.2) is 57.9 Å². The molecule has 0 spiro atoms. The SMILES string of the molecule is CC(C)n1ccnc(N2CCN(CC(C)(C)O)CC2)c1=O. The van der Waals surface area contributed by atoms with Crippen LogP contribution in [0.4, 0.5) is 5.82 Å². The van der Waals surface area contributed by atoms with Gasteiger partial charge in [-0.05, 0) is 27.7 Å². The highest BCUT2D eigenvalue weighted by molar-refractivity contribution is 5.36. The third-order valence-corrected chi connectivity index (χ3v) is 3.69. The minimum absolute atomic E-state index is 0.0246. The van der Waals surface area contributed by atoms with Crippen LogP contribution in [-0.2, 0) is 0 Å². The van der Waals surface area contributed by atoms with E-state index in [0.29, 0.717) is 12.4 Å². The second kappa shape index (κ2) is 6.15. The van der Waals surface area contributed by atoms with Gasteiger partial charge in [-0.1, -0.05) is 0 Å². The first kappa shape index (κ1) is 16.0. The van der Waals surface area contributed by atoms with Crippen molar-refractivity contribution in [2.75, 3.05) is 37.6 Å². The van der Waals surface area contributed by atoms with Crippen molar-refractivity contribution in [2.45, 2.75) is 39.3 Å². The zero-order chi connectivity index (χ0) is 15.6. The number of β-amino-alcohol motifs (C(OH)–C–C–N with tert-alkyl or cyclic N) is 1. The van der Waals surface area contributed by atoms with Crippen molar-refractivity contribution in [2.24, 2.45) is 0 Å². The first-order valence-corrected chi connectivity index (χ1v) is 7.55. The highest BCUT2D eigenvalue weighted by atomic mass is 16.3. The number of nitrogens with zero attached hydrogens (tertiary/aromatic N) is 4. The highest BCUT2D eigenvalue weighted by Crippen LogP contribution is 2.12. The van der Waals surface area contributed by atoms with Gasteiger partial charge in [0.05, 0.1) is 5.60 Å². The zero-order valence-electron chi connectivity index (χ0n) is 13.4. The van der Waals surface area contributed by atoms with Gasteiger partial charge in [0.15, 0.2) is 5.82 Å². The molecule has 1 aromatic rings. The van der Waals surface area contributed by atoms with Gasteiger partial charge in [0.25, 0.3) is 5.56 Å². The van der Waals surface area contributed by atoms with Crippen LogP contribution in [0.1, 0.15) is 33.7 Å². The molecule has 118 valence electrons. The van der Waals surface area contributed by atoms with Crippen molar-refractivity contribution in [3.63, 3.8) is 0 Å². The number of rotatable bonds is 4. The molecular formula is C15H26N4O2. The molecule has 0 aliphatic carbocycles. The van der Waals surface area contributed by atoms with E-state index in [9.17, 15) is 9.90 Å². The third-order valence-electron chi connectivity index (χ3n) is 3.69. The van der Waals surface area contributed by atoms with Crippen LogP contribution in [0, 0.1) is 0 Å². The number of anilines is 1. The first-order chi connectivity index (χ1) is 9.78. The molecule has 6 nitrogen and oxygen atoms in total. The van der Waals surface area contributed by atoms with Gasteiger partial charge < -0.3 is 14.6 Å². The summed E-state index contributed by atoms with van der Waals surface area (Å²) in [5.74, 6) is 0.536. The Morgan fingerprint density at radius 1 is 1.29 bits per heavy atom. The molecule has 1 saturated heterocycles. The molecule has 1 N–H and O–H groups in total. The Kier molecular flexibility index (Phi) is 4.68. The normalized spacial score (nSPS) is 17.5. The van der Waals surface area contributed by atoms with Gasteiger partial charge in [0.2, 0.25) is 0 Å². The van der Waals surface area contributed by atoms with E-state index in [0.717, 1.165) is 26.2 Å². The Morgan fingerprint density at radius 3 is 2.43 bits per heavy atom. The molecule has 0 saturated carbocycles. The van der Waals surface area contributed by atoms with Gasteiger partial charge in [-0.3, -0.25) is 9.69 Å². The summed E-state index contributed by atoms with van der Waals surface area (Å²) < 4.78 is 1.71. The number of aliphatic hydroxyl groups is 1. The average molecular weight is 294 g/mol. The van der Waals surface area contributed by atoms with Gasteiger partial charge in [-0.25, -0.2) is 4.98 Å². The van der Waals surface area contributed by atoms with E-state index < -0.39 is 5.60 Å². The second-order valence-electron chi connectivity index (χ2n) is 6.63. The lowest BCUT2D eigenvalue weighted by molar-refractivity contribution is 0.0344. The monoisotopic (exact) mass is 294 g/mol. The molecular weight excluding hydrogens is 268 g/mol. The van der Waals surface area contributed by atoms with E-state index in [1.165, 1.54) is 0 Å². The van der Waals surface area contributed by atoms with Crippen LogP contribution in [0.5, 0.6) is 0 Å². The first-order valence-electron chi connectivity index (χ1n) is 7.55. The number of aromatic nitrogens is 2. The average Bonchev–Trinajstić information content (AvgIpc) is 2.38. The van der Waals surface area contributed by atoms with E-state index in [1.54, 1.807) is 17.0 Å². The molecule has 6 heteroatoms. The highest BCUT2D eigenvalue weighted by Gasteiger charge is 2.24. The predicted octanol–water partition coefficient (Wildman–Crippen LogP) is 0.717. The number of piperazine rings is 1. The van der Waals surface area contributed by atoms with Crippen molar-refractivity contribution in [1.82, 2.24) is 14.5 Å². The summed E-state index contributed by atoms with van der Waals surface area (Å²) in [5, 5.41) is 9.87. The van der Waals surface area contributed by atoms with Crippen LogP contribution in [0.15, 0.2) is 17.2 Å². The lowest BCUT2D eigenvalue weighted by atomic mass is 10.1. The summed E-state index contributed by atoms with van der Waals surface area (Å²) in [4.78, 5) is 21.0. The van der Waals surface area contributed by atoms with E-state index in [4.69, 9.17) is 0 Å². The zero-order valence-corrected chi connectivity index (χ0v) is 13.4. The number of hydrogen-bond donors (Lipinski definition) is 1. The van der Waals surface area contributed by atoms with Crippen molar-refractivity contribution in [1.29, 1.82) is 0 Å². The molecule has 1 fully saturated rings. The largest absolute Gasteiger partial charge is 0.389 e. The van der Waals surface area contributed by atoms with Crippen LogP contribution < -0.4 is 10.5 Å². The summed E-state index contributed by atoms with van der Waals surface area (Å²) in [7, 11) is 0. The maximum atomic E-state index is 12.4. The summed E-state index contributed by atoms with van der Waals surface area (Å²) in [6, 6.07) is 0.135. The fourth-order valence-electron chi connectivity index (χ4n) is 2.70. The Balaban J connectivity index is 2.06. The van der Waals surface area contributed by atoms with Gasteiger partial charge >= 0.3 is 0 Å². The van der Waals surface area contributed by atoms with Crippen molar-refractivity contribution < 1.29 is 5.11 Å². The Morgan fingerprint density at radius 2 is 1.90 bits per heavy atom. The van der Waals surface area contributed by atoms with Crippen molar-refractivity contribution in [3.8, 4) is 0 Å². The van der Waals surface area contributed by atoms with Gasteiger partial charge in [-0.2, -0.15) is 0 Å². The summed E-state index contributed by atoms with van der Waals surface area (Å²) in [6.07, 6.45) is 3.43. The topological polar surface area (TPSA) is 61.6 Å². The standard InChI is InChI=1S/C15H26N4O2/c1-12(2)19-6-5-16-13(14(19)20)18-9-7-17(8-10-18)11-15(3,4)21/h5-6,12,21H,7-11H2,1-4H3. The minimum Gasteiger partial charge on any atom is -0.389 e. The third kappa shape index (κ3) is 4.04. The molecule has 21 heavy (non-hydrogen) atoms. The molecule has 2 rings (SSSR count). The smallest absolute Gasteiger partial charge is 0.293 e. The molecule has 0 amide bonds. The lowest BCUT2D eigenvalue weighted by Crippen LogP contribution is -2.52. The molecule has 0 aromatic carbocycles. The summed E-state index contributed by atoms with van der Waals surface area (Å²) >= 11 is 0. The molecule has 1 aliphatic heterocycles. The van der Waals surface area contributed by atoms with E-state index in [-0.39, 0.29) is 11.6 Å². The molecule has 1 aromatic heterocycles. The van der Waals surface area contributed by atoms with E-state index in [1.807, 2.05) is 32.6 Å². The maximum Gasteiger partial charge on any atom is 0.293 e. The van der Waals surface area contributed by atoms with Gasteiger partial charge in [-0.15, -0.1) is 0 Å². The maximum absolute atomic E-state index is 12.4. The van der Waals surface area contributed by atoms with Crippen molar-refractivity contribution in [3.05, 3.63) is 22.7 Å². The Hall–Kier alpha value is -1.40. The van der Waals surface area contributed by atoms with Crippen LogP contribution in [0.25, 0.3) is 0 Å². The molecule has 0 atom stereocenters. The van der Waals surface area contributed by atoms with E-state index in [2.05, 4.69) is 9.88 Å².